The number of hydrogen-bond acceptors (Lipinski definition) is 4. The van der Waals surface area contributed by atoms with E-state index in [0.717, 1.165) is 29.2 Å². The van der Waals surface area contributed by atoms with Gasteiger partial charge in [0.15, 0.2) is 6.10 Å². The average Bonchev–Trinajstić information content (AvgIpc) is 3.15. The monoisotopic (exact) mass is 389 g/mol. The van der Waals surface area contributed by atoms with Crippen LogP contribution in [0.5, 0.6) is 23.0 Å². The van der Waals surface area contributed by atoms with Crippen molar-refractivity contribution in [3.8, 4) is 23.0 Å². The van der Waals surface area contributed by atoms with Crippen molar-refractivity contribution in [1.29, 1.82) is 0 Å². The van der Waals surface area contributed by atoms with Crippen molar-refractivity contribution in [3.05, 3.63) is 84.4 Å². The summed E-state index contributed by atoms with van der Waals surface area (Å²) >= 11 is 0. The van der Waals surface area contributed by atoms with Crippen LogP contribution in [0.4, 0.5) is 0 Å². The van der Waals surface area contributed by atoms with Gasteiger partial charge in [0.05, 0.1) is 6.54 Å². The number of hydrogen-bond donors (Lipinski definition) is 1. The molecule has 1 heterocycles. The lowest BCUT2D eigenvalue weighted by atomic mass is 10.1. The molecule has 29 heavy (non-hydrogen) atoms. The van der Waals surface area contributed by atoms with Crippen molar-refractivity contribution in [1.82, 2.24) is 5.32 Å². The van der Waals surface area contributed by atoms with E-state index >= 15 is 0 Å². The number of rotatable bonds is 7. The minimum Gasteiger partial charge on any atom is -0.488 e. The number of fused-ring (bicyclic) bond motifs is 1. The first-order chi connectivity index (χ1) is 14.2. The third kappa shape index (κ3) is 4.88. The van der Waals surface area contributed by atoms with Gasteiger partial charge in [-0.1, -0.05) is 36.4 Å². The summed E-state index contributed by atoms with van der Waals surface area (Å²) in [7, 11) is 0. The summed E-state index contributed by atoms with van der Waals surface area (Å²) in [6.07, 6.45) is 0.0344. The van der Waals surface area contributed by atoms with Gasteiger partial charge in [-0.3, -0.25) is 4.79 Å². The summed E-state index contributed by atoms with van der Waals surface area (Å²) in [5.74, 6) is 2.90. The molecule has 2 atom stereocenters. The summed E-state index contributed by atoms with van der Waals surface area (Å²) in [5, 5.41) is 2.91. The zero-order valence-electron chi connectivity index (χ0n) is 16.2. The SMILES string of the molecule is C[C@H](Oc1ccccc1)C(=O)NC[C@@H]1Cc2cc(Oc3ccccc3)ccc2O1. The Bertz CT molecular complexity index is 959. The Hall–Kier alpha value is -3.47. The number of nitrogens with one attached hydrogen (secondary N) is 1. The van der Waals surface area contributed by atoms with Crippen molar-refractivity contribution >= 4 is 5.91 Å². The van der Waals surface area contributed by atoms with Crippen LogP contribution >= 0.6 is 0 Å². The van der Waals surface area contributed by atoms with E-state index in [0.29, 0.717) is 12.3 Å². The molecule has 0 fully saturated rings. The fraction of sp³-hybridized carbons (Fsp3) is 0.208. The van der Waals surface area contributed by atoms with Crippen molar-refractivity contribution in [3.63, 3.8) is 0 Å². The van der Waals surface area contributed by atoms with Gasteiger partial charge >= 0.3 is 0 Å². The van der Waals surface area contributed by atoms with Crippen LogP contribution in [0.3, 0.4) is 0 Å². The van der Waals surface area contributed by atoms with E-state index in [1.807, 2.05) is 78.9 Å². The molecule has 4 rings (SSSR count). The highest BCUT2D eigenvalue weighted by atomic mass is 16.5. The first-order valence-corrected chi connectivity index (χ1v) is 9.69. The summed E-state index contributed by atoms with van der Waals surface area (Å²) in [6.45, 7) is 2.16. The Morgan fingerprint density at radius 1 is 1.00 bits per heavy atom. The molecular formula is C24H23NO4. The molecule has 1 amide bonds. The largest absolute Gasteiger partial charge is 0.488 e. The maximum absolute atomic E-state index is 12.3. The number of carbonyl (C=O) groups is 1. The number of ether oxygens (including phenoxy) is 3. The van der Waals surface area contributed by atoms with Crippen LogP contribution < -0.4 is 19.5 Å². The standard InChI is InChI=1S/C24H23NO4/c1-17(27-19-8-4-2-5-9-19)24(26)25-16-22-15-18-14-21(12-13-23(18)29-22)28-20-10-6-3-7-11-20/h2-14,17,22H,15-16H2,1H3,(H,25,26)/t17-,22-/m0/s1. The molecule has 0 bridgehead atoms. The molecule has 0 unspecified atom stereocenters. The second-order valence-electron chi connectivity index (χ2n) is 6.95. The maximum atomic E-state index is 12.3. The maximum Gasteiger partial charge on any atom is 0.260 e. The van der Waals surface area contributed by atoms with Crippen molar-refractivity contribution in [2.45, 2.75) is 25.6 Å². The Balaban J connectivity index is 1.29. The molecule has 1 aliphatic rings. The minimum absolute atomic E-state index is 0.107. The Morgan fingerprint density at radius 2 is 1.69 bits per heavy atom. The van der Waals surface area contributed by atoms with Crippen LogP contribution in [-0.2, 0) is 11.2 Å². The molecule has 0 saturated heterocycles. The van der Waals surface area contributed by atoms with E-state index in [1.165, 1.54) is 0 Å². The Labute approximate surface area is 170 Å². The predicted molar refractivity (Wildman–Crippen MR) is 111 cm³/mol. The van der Waals surface area contributed by atoms with Crippen molar-refractivity contribution in [2.75, 3.05) is 6.54 Å². The fourth-order valence-corrected chi connectivity index (χ4v) is 3.21. The summed E-state index contributed by atoms with van der Waals surface area (Å²) in [4.78, 5) is 12.3. The smallest absolute Gasteiger partial charge is 0.260 e. The van der Waals surface area contributed by atoms with E-state index in [9.17, 15) is 4.79 Å². The number of benzene rings is 3. The van der Waals surface area contributed by atoms with E-state index < -0.39 is 6.10 Å². The summed E-state index contributed by atoms with van der Waals surface area (Å²) in [5.41, 5.74) is 1.08. The van der Waals surface area contributed by atoms with Crippen LogP contribution in [0.2, 0.25) is 0 Å². The zero-order valence-corrected chi connectivity index (χ0v) is 16.2. The third-order valence-corrected chi connectivity index (χ3v) is 4.68. The van der Waals surface area contributed by atoms with Crippen LogP contribution in [0, 0.1) is 0 Å². The number of para-hydroxylation sites is 2. The Morgan fingerprint density at radius 3 is 2.41 bits per heavy atom. The van der Waals surface area contributed by atoms with Gasteiger partial charge in [0, 0.05) is 12.0 Å². The number of amides is 1. The molecule has 0 spiro atoms. The Kier molecular flexibility index (Phi) is 5.66. The van der Waals surface area contributed by atoms with Crippen LogP contribution in [0.15, 0.2) is 78.9 Å². The first kappa shape index (κ1) is 18.9. The third-order valence-electron chi connectivity index (χ3n) is 4.68. The van der Waals surface area contributed by atoms with E-state index in [1.54, 1.807) is 6.92 Å². The minimum atomic E-state index is -0.577. The van der Waals surface area contributed by atoms with E-state index in [4.69, 9.17) is 14.2 Å². The number of carbonyl (C=O) groups excluding carboxylic acids is 1. The highest BCUT2D eigenvalue weighted by Gasteiger charge is 2.25. The first-order valence-electron chi connectivity index (χ1n) is 9.69. The second-order valence-corrected chi connectivity index (χ2v) is 6.95. The van der Waals surface area contributed by atoms with Gasteiger partial charge in [-0.05, 0) is 49.4 Å². The highest BCUT2D eigenvalue weighted by molar-refractivity contribution is 5.80. The average molecular weight is 389 g/mol. The lowest BCUT2D eigenvalue weighted by Crippen LogP contribution is -2.41. The van der Waals surface area contributed by atoms with Crippen LogP contribution in [0.25, 0.3) is 0 Å². The molecule has 3 aromatic rings. The van der Waals surface area contributed by atoms with Gasteiger partial charge in [-0.15, -0.1) is 0 Å². The van der Waals surface area contributed by atoms with E-state index in [2.05, 4.69) is 5.32 Å². The van der Waals surface area contributed by atoms with Gasteiger partial charge < -0.3 is 19.5 Å². The lowest BCUT2D eigenvalue weighted by Gasteiger charge is -2.16. The van der Waals surface area contributed by atoms with Crippen LogP contribution in [0.1, 0.15) is 12.5 Å². The molecular weight excluding hydrogens is 366 g/mol. The molecule has 5 nitrogen and oxygen atoms in total. The molecule has 0 saturated carbocycles. The molecule has 1 N–H and O–H groups in total. The molecule has 3 aromatic carbocycles. The lowest BCUT2D eigenvalue weighted by molar-refractivity contribution is -0.127. The molecule has 1 aliphatic heterocycles. The normalized spacial score (nSPS) is 15.7. The molecule has 0 radical (unpaired) electrons. The van der Waals surface area contributed by atoms with Gasteiger partial charge in [-0.25, -0.2) is 0 Å². The van der Waals surface area contributed by atoms with Crippen LogP contribution in [-0.4, -0.2) is 24.7 Å². The van der Waals surface area contributed by atoms with Gasteiger partial charge in [0.2, 0.25) is 0 Å². The summed E-state index contributed by atoms with van der Waals surface area (Å²) < 4.78 is 17.5. The highest BCUT2D eigenvalue weighted by Crippen LogP contribution is 2.33. The molecule has 0 aliphatic carbocycles. The quantitative estimate of drug-likeness (QED) is 0.652. The van der Waals surface area contributed by atoms with Gasteiger partial charge in [0.25, 0.3) is 5.91 Å². The van der Waals surface area contributed by atoms with Crippen molar-refractivity contribution < 1.29 is 19.0 Å². The van der Waals surface area contributed by atoms with Gasteiger partial charge in [-0.2, -0.15) is 0 Å². The van der Waals surface area contributed by atoms with Crippen molar-refractivity contribution in [2.24, 2.45) is 0 Å². The fourth-order valence-electron chi connectivity index (χ4n) is 3.21. The van der Waals surface area contributed by atoms with Gasteiger partial charge in [0.1, 0.15) is 29.1 Å². The molecule has 5 heteroatoms. The molecule has 0 aromatic heterocycles. The topological polar surface area (TPSA) is 56.8 Å². The predicted octanol–water partition coefficient (Wildman–Crippen LogP) is 4.37. The zero-order chi connectivity index (χ0) is 20.1. The molecule has 148 valence electrons. The summed E-state index contributed by atoms with van der Waals surface area (Å²) in [6, 6.07) is 24.8. The van der Waals surface area contributed by atoms with E-state index in [-0.39, 0.29) is 12.0 Å². The second kappa shape index (κ2) is 8.69.